The number of piperidine rings is 1. The molecule has 2 aliphatic rings. The normalized spacial score (nSPS) is 24.4. The predicted molar refractivity (Wildman–Crippen MR) is 92.9 cm³/mol. The molecule has 4 nitrogen and oxygen atoms in total. The number of hydrogen-bond acceptors (Lipinski definition) is 4. The van der Waals surface area contributed by atoms with Crippen molar-refractivity contribution in [3.05, 3.63) is 35.9 Å². The van der Waals surface area contributed by atoms with Crippen LogP contribution in [0.3, 0.4) is 0 Å². The summed E-state index contributed by atoms with van der Waals surface area (Å²) in [7, 11) is 0. The van der Waals surface area contributed by atoms with Crippen LogP contribution in [-0.2, 0) is 6.54 Å². The van der Waals surface area contributed by atoms with Crippen LogP contribution in [0.25, 0.3) is 0 Å². The van der Waals surface area contributed by atoms with Gasteiger partial charge in [0, 0.05) is 52.4 Å². The molecule has 23 heavy (non-hydrogen) atoms. The largest absolute Gasteiger partial charge is 0.301 e. The molecular weight excluding hydrogens is 284 g/mol. The molecule has 2 fully saturated rings. The van der Waals surface area contributed by atoms with Crippen molar-refractivity contribution < 1.29 is 0 Å². The zero-order valence-electron chi connectivity index (χ0n) is 14.0. The van der Waals surface area contributed by atoms with Gasteiger partial charge in [-0.25, -0.2) is 0 Å². The fourth-order valence-corrected chi connectivity index (χ4v) is 3.66. The van der Waals surface area contributed by atoms with E-state index in [-0.39, 0.29) is 5.92 Å². The van der Waals surface area contributed by atoms with Gasteiger partial charge in [0.1, 0.15) is 0 Å². The van der Waals surface area contributed by atoms with Crippen LogP contribution in [0, 0.1) is 17.2 Å². The van der Waals surface area contributed by atoms with Gasteiger partial charge >= 0.3 is 0 Å². The maximum absolute atomic E-state index is 9.08. The van der Waals surface area contributed by atoms with Crippen LogP contribution in [0.5, 0.6) is 0 Å². The topological polar surface area (TPSA) is 33.5 Å². The second kappa shape index (κ2) is 8.44. The molecule has 0 aromatic heterocycles. The second-order valence-corrected chi connectivity index (χ2v) is 6.87. The Morgan fingerprint density at radius 3 is 2.35 bits per heavy atom. The highest BCUT2D eigenvalue weighted by Crippen LogP contribution is 2.15. The number of piperazine rings is 1. The summed E-state index contributed by atoms with van der Waals surface area (Å²) in [4.78, 5) is 7.61. The summed E-state index contributed by atoms with van der Waals surface area (Å²) in [5, 5.41) is 9.08. The Hall–Kier alpha value is -1.41. The monoisotopic (exact) mass is 312 g/mol. The highest BCUT2D eigenvalue weighted by Gasteiger charge is 2.21. The van der Waals surface area contributed by atoms with Gasteiger partial charge in [-0.2, -0.15) is 5.26 Å². The molecule has 2 aliphatic heterocycles. The Kier molecular flexibility index (Phi) is 6.04. The Morgan fingerprint density at radius 2 is 1.61 bits per heavy atom. The lowest BCUT2D eigenvalue weighted by molar-refractivity contribution is 0.106. The first-order valence-electron chi connectivity index (χ1n) is 8.94. The van der Waals surface area contributed by atoms with E-state index in [4.69, 9.17) is 5.26 Å². The molecule has 1 atom stereocenters. The minimum Gasteiger partial charge on any atom is -0.301 e. The summed E-state index contributed by atoms with van der Waals surface area (Å²) in [6.45, 7) is 10.2. The van der Waals surface area contributed by atoms with E-state index < -0.39 is 0 Å². The molecule has 4 heteroatoms. The van der Waals surface area contributed by atoms with Crippen molar-refractivity contribution in [2.45, 2.75) is 19.4 Å². The van der Waals surface area contributed by atoms with Gasteiger partial charge in [-0.05, 0) is 24.9 Å². The van der Waals surface area contributed by atoms with Gasteiger partial charge in [-0.15, -0.1) is 0 Å². The molecule has 0 bridgehead atoms. The van der Waals surface area contributed by atoms with Crippen LogP contribution in [0.4, 0.5) is 0 Å². The maximum Gasteiger partial charge on any atom is 0.0669 e. The Labute approximate surface area is 140 Å². The van der Waals surface area contributed by atoms with Crippen molar-refractivity contribution in [1.29, 1.82) is 5.26 Å². The van der Waals surface area contributed by atoms with E-state index in [0.717, 1.165) is 45.7 Å². The van der Waals surface area contributed by atoms with E-state index in [9.17, 15) is 0 Å². The Bertz CT molecular complexity index is 502. The van der Waals surface area contributed by atoms with Crippen LogP contribution < -0.4 is 0 Å². The molecule has 0 spiro atoms. The average molecular weight is 312 g/mol. The molecule has 0 radical (unpaired) electrons. The summed E-state index contributed by atoms with van der Waals surface area (Å²) < 4.78 is 0. The van der Waals surface area contributed by atoms with Gasteiger partial charge < -0.3 is 4.90 Å². The van der Waals surface area contributed by atoms with Crippen molar-refractivity contribution >= 4 is 0 Å². The third-order valence-electron chi connectivity index (χ3n) is 5.13. The van der Waals surface area contributed by atoms with Crippen molar-refractivity contribution in [3.8, 4) is 6.07 Å². The standard InChI is InChI=1S/C19H28N4/c20-15-19-7-4-8-22(17-19)12-9-21-10-13-23(14-11-21)16-18-5-2-1-3-6-18/h1-3,5-6,19H,4,7-14,16-17H2/t19-/m0/s1. The van der Waals surface area contributed by atoms with Crippen LogP contribution in [-0.4, -0.2) is 67.1 Å². The van der Waals surface area contributed by atoms with Gasteiger partial charge in [0.2, 0.25) is 0 Å². The fraction of sp³-hybridized carbons (Fsp3) is 0.632. The lowest BCUT2D eigenvalue weighted by Crippen LogP contribution is -2.48. The average Bonchev–Trinajstić information content (AvgIpc) is 2.62. The number of benzene rings is 1. The molecule has 0 N–H and O–H groups in total. The maximum atomic E-state index is 9.08. The van der Waals surface area contributed by atoms with Crippen LogP contribution in [0.15, 0.2) is 30.3 Å². The SMILES string of the molecule is N#C[C@@H]1CCCN(CCN2CCN(Cc3ccccc3)CC2)C1. The minimum absolute atomic E-state index is 0.256. The van der Waals surface area contributed by atoms with E-state index in [1.54, 1.807) is 0 Å². The van der Waals surface area contributed by atoms with Crippen molar-refractivity contribution in [2.75, 3.05) is 52.4 Å². The van der Waals surface area contributed by atoms with Crippen LogP contribution in [0.2, 0.25) is 0 Å². The van der Waals surface area contributed by atoms with Gasteiger partial charge in [-0.1, -0.05) is 30.3 Å². The number of nitriles is 1. The highest BCUT2D eigenvalue weighted by molar-refractivity contribution is 5.14. The Balaban J connectivity index is 1.35. The Morgan fingerprint density at radius 1 is 0.913 bits per heavy atom. The molecule has 2 heterocycles. The molecule has 1 aromatic carbocycles. The molecule has 0 aliphatic carbocycles. The summed E-state index contributed by atoms with van der Waals surface area (Å²) >= 11 is 0. The molecule has 0 saturated carbocycles. The van der Waals surface area contributed by atoms with Gasteiger partial charge in [-0.3, -0.25) is 9.80 Å². The summed E-state index contributed by atoms with van der Waals surface area (Å²) in [6, 6.07) is 13.2. The summed E-state index contributed by atoms with van der Waals surface area (Å²) in [6.07, 6.45) is 2.27. The van der Waals surface area contributed by atoms with E-state index in [0.29, 0.717) is 0 Å². The zero-order chi connectivity index (χ0) is 15.9. The van der Waals surface area contributed by atoms with E-state index in [2.05, 4.69) is 51.1 Å². The van der Waals surface area contributed by atoms with Crippen molar-refractivity contribution in [2.24, 2.45) is 5.92 Å². The summed E-state index contributed by atoms with van der Waals surface area (Å²) in [5.41, 5.74) is 1.41. The van der Waals surface area contributed by atoms with Crippen molar-refractivity contribution in [3.63, 3.8) is 0 Å². The number of likely N-dealkylation sites (tertiary alicyclic amines) is 1. The van der Waals surface area contributed by atoms with Gasteiger partial charge in [0.05, 0.1) is 12.0 Å². The first kappa shape index (κ1) is 16.4. The fourth-order valence-electron chi connectivity index (χ4n) is 3.66. The van der Waals surface area contributed by atoms with E-state index in [1.807, 2.05) is 0 Å². The minimum atomic E-state index is 0.256. The lowest BCUT2D eigenvalue weighted by Gasteiger charge is -2.37. The number of hydrogen-bond donors (Lipinski definition) is 0. The van der Waals surface area contributed by atoms with E-state index in [1.165, 1.54) is 31.6 Å². The molecule has 0 amide bonds. The van der Waals surface area contributed by atoms with Crippen LogP contribution >= 0.6 is 0 Å². The van der Waals surface area contributed by atoms with E-state index >= 15 is 0 Å². The van der Waals surface area contributed by atoms with Gasteiger partial charge in [0.25, 0.3) is 0 Å². The first-order chi connectivity index (χ1) is 11.3. The van der Waals surface area contributed by atoms with Crippen LogP contribution in [0.1, 0.15) is 18.4 Å². The third-order valence-corrected chi connectivity index (χ3v) is 5.13. The zero-order valence-corrected chi connectivity index (χ0v) is 14.0. The summed E-state index contributed by atoms with van der Waals surface area (Å²) in [5.74, 6) is 0.256. The molecular formula is C19H28N4. The number of nitrogens with zero attached hydrogens (tertiary/aromatic N) is 4. The van der Waals surface area contributed by atoms with Crippen molar-refractivity contribution in [1.82, 2.24) is 14.7 Å². The smallest absolute Gasteiger partial charge is 0.0669 e. The number of rotatable bonds is 5. The first-order valence-corrected chi connectivity index (χ1v) is 8.94. The highest BCUT2D eigenvalue weighted by atomic mass is 15.3. The molecule has 2 saturated heterocycles. The lowest BCUT2D eigenvalue weighted by atomic mass is 10.00. The molecule has 1 aromatic rings. The molecule has 124 valence electrons. The second-order valence-electron chi connectivity index (χ2n) is 6.87. The quantitative estimate of drug-likeness (QED) is 0.833. The molecule has 3 rings (SSSR count). The molecule has 0 unspecified atom stereocenters. The third kappa shape index (κ3) is 5.04. The van der Waals surface area contributed by atoms with Gasteiger partial charge in [0.15, 0.2) is 0 Å². The predicted octanol–water partition coefficient (Wildman–Crippen LogP) is 2.04.